The molecular formula is C39H58Cl3N9O7. The van der Waals surface area contributed by atoms with Crippen molar-refractivity contribution in [1.82, 2.24) is 20.9 Å². The quantitative estimate of drug-likeness (QED) is 0.0370. The first-order chi connectivity index (χ1) is 26.3. The maximum absolute atomic E-state index is 13.5. The van der Waals surface area contributed by atoms with E-state index in [1.165, 1.54) is 24.3 Å². The minimum Gasteiger partial charge on any atom is -0.508 e. The number of aryl methyl sites for hydroxylation is 1. The fourth-order valence-corrected chi connectivity index (χ4v) is 5.69. The third-order valence-electron chi connectivity index (χ3n) is 8.71. The fraction of sp³-hybridized carbons (Fsp3) is 0.410. The molecule has 0 aliphatic rings. The highest BCUT2D eigenvalue weighted by Gasteiger charge is 2.23. The zero-order valence-corrected chi connectivity index (χ0v) is 34.7. The number of amides is 4. The Bertz CT molecular complexity index is 1700. The molecule has 0 aromatic heterocycles. The summed E-state index contributed by atoms with van der Waals surface area (Å²) in [6.07, 6.45) is 3.33. The highest BCUT2D eigenvalue weighted by Crippen LogP contribution is 2.15. The number of rotatable bonds is 23. The second kappa shape index (κ2) is 28.5. The summed E-state index contributed by atoms with van der Waals surface area (Å²) in [6, 6.07) is 17.5. The normalized spacial score (nSPS) is 11.8. The average molecular weight is 871 g/mol. The minimum atomic E-state index is -1.10. The number of unbranched alkanes of at least 4 members (excludes halogenated alkanes) is 1. The Morgan fingerprint density at radius 2 is 1.16 bits per heavy atom. The van der Waals surface area contributed by atoms with Crippen molar-refractivity contribution in [1.29, 1.82) is 0 Å². The van der Waals surface area contributed by atoms with Crippen molar-refractivity contribution < 1.29 is 34.5 Å². The van der Waals surface area contributed by atoms with Gasteiger partial charge in [0.15, 0.2) is 5.96 Å². The maximum atomic E-state index is 13.5. The summed E-state index contributed by atoms with van der Waals surface area (Å²) in [7, 11) is 0. The molecule has 0 aliphatic carbocycles. The number of nitrogens with zero attached hydrogens (tertiary/aromatic N) is 2. The van der Waals surface area contributed by atoms with Gasteiger partial charge in [0.2, 0.25) is 23.6 Å². The molecule has 0 saturated heterocycles. The topological polar surface area (TPSA) is 285 Å². The summed E-state index contributed by atoms with van der Waals surface area (Å²) in [5.41, 5.74) is 26.4. The summed E-state index contributed by atoms with van der Waals surface area (Å²) < 4.78 is 0. The van der Waals surface area contributed by atoms with Crippen LogP contribution in [0.5, 0.6) is 11.5 Å². The number of carbonyl (C=O) groups is 4. The lowest BCUT2D eigenvalue weighted by molar-refractivity contribution is -0.132. The van der Waals surface area contributed by atoms with Crippen LogP contribution in [0.25, 0.3) is 0 Å². The lowest BCUT2D eigenvalue weighted by Crippen LogP contribution is -2.49. The highest BCUT2D eigenvalue weighted by molar-refractivity contribution is 5.88. The van der Waals surface area contributed by atoms with Crippen LogP contribution in [0.3, 0.4) is 0 Å². The number of carbonyl (C=O) groups excluding carboxylic acids is 4. The van der Waals surface area contributed by atoms with Gasteiger partial charge < -0.3 is 59.1 Å². The first-order valence-corrected chi connectivity index (χ1v) is 18.3. The predicted octanol–water partition coefficient (Wildman–Crippen LogP) is 1.44. The van der Waals surface area contributed by atoms with Crippen LogP contribution in [-0.4, -0.2) is 101 Å². The number of benzene rings is 3. The van der Waals surface area contributed by atoms with Gasteiger partial charge in [0.05, 0.1) is 24.4 Å². The Kier molecular flexibility index (Phi) is 26.2. The van der Waals surface area contributed by atoms with E-state index in [1.54, 1.807) is 41.3 Å². The second-order valence-corrected chi connectivity index (χ2v) is 13.3. The molecule has 4 amide bonds. The van der Waals surface area contributed by atoms with Gasteiger partial charge in [-0.2, -0.15) is 0 Å². The molecule has 14 N–H and O–H groups in total. The van der Waals surface area contributed by atoms with Crippen molar-refractivity contribution in [3.05, 3.63) is 89.5 Å². The van der Waals surface area contributed by atoms with Crippen LogP contribution in [0.1, 0.15) is 48.8 Å². The molecule has 3 aromatic rings. The van der Waals surface area contributed by atoms with Gasteiger partial charge in [-0.05, 0) is 98.0 Å². The number of nitrogens with two attached hydrogens (primary N) is 4. The summed E-state index contributed by atoms with van der Waals surface area (Å²) >= 11 is 0. The number of aliphatic imine (C=N–C) groups is 1. The summed E-state index contributed by atoms with van der Waals surface area (Å²) in [5.74, 6) is -1.30. The maximum Gasteiger partial charge on any atom is 0.244 e. The van der Waals surface area contributed by atoms with Crippen molar-refractivity contribution in [2.75, 3.05) is 32.8 Å². The zero-order valence-electron chi connectivity index (χ0n) is 32.3. The third-order valence-corrected chi connectivity index (χ3v) is 8.71. The SMILES string of the molecule is Cl.Cl.Cl.NC(N)=Nc1ccc(CCCC(=O)N[C@@H](CO)C(=O)NCCCCN(CCCNC(=O)[C@@H](N)Cc2ccc(O)cc2)C(=O)[C@@H](N)Cc2ccc(O)cc2)cc1. The highest BCUT2D eigenvalue weighted by atomic mass is 35.5. The Hall–Kier alpha value is -4.84. The van der Waals surface area contributed by atoms with Crippen LogP contribution in [0.4, 0.5) is 5.69 Å². The molecule has 3 atom stereocenters. The van der Waals surface area contributed by atoms with Gasteiger partial charge in [-0.25, -0.2) is 4.99 Å². The van der Waals surface area contributed by atoms with Crippen molar-refractivity contribution in [3.8, 4) is 11.5 Å². The fourth-order valence-electron chi connectivity index (χ4n) is 5.69. The van der Waals surface area contributed by atoms with Crippen LogP contribution in [-0.2, 0) is 38.4 Å². The van der Waals surface area contributed by atoms with Gasteiger partial charge in [0.1, 0.15) is 17.5 Å². The smallest absolute Gasteiger partial charge is 0.244 e. The van der Waals surface area contributed by atoms with Crippen LogP contribution in [0.2, 0.25) is 0 Å². The van der Waals surface area contributed by atoms with E-state index in [4.69, 9.17) is 22.9 Å². The van der Waals surface area contributed by atoms with E-state index in [-0.39, 0.29) is 98.3 Å². The molecular weight excluding hydrogens is 813 g/mol. The number of phenolic OH excluding ortho intramolecular Hbond substituents is 2. The molecule has 0 radical (unpaired) electrons. The van der Waals surface area contributed by atoms with Gasteiger partial charge in [-0.15, -0.1) is 37.2 Å². The molecule has 0 spiro atoms. The predicted molar refractivity (Wildman–Crippen MR) is 232 cm³/mol. The summed E-state index contributed by atoms with van der Waals surface area (Å²) in [5, 5.41) is 37.0. The Morgan fingerprint density at radius 1 is 0.655 bits per heavy atom. The summed E-state index contributed by atoms with van der Waals surface area (Å²) in [6.45, 7) is 0.603. The van der Waals surface area contributed by atoms with E-state index in [2.05, 4.69) is 20.9 Å². The largest absolute Gasteiger partial charge is 0.508 e. The number of aliphatic hydroxyl groups excluding tert-OH is 1. The molecule has 58 heavy (non-hydrogen) atoms. The lowest BCUT2D eigenvalue weighted by atomic mass is 10.0. The Labute approximate surface area is 357 Å². The monoisotopic (exact) mass is 869 g/mol. The van der Waals surface area contributed by atoms with Crippen LogP contribution in [0.15, 0.2) is 77.8 Å². The summed E-state index contributed by atoms with van der Waals surface area (Å²) in [4.78, 5) is 56.9. The van der Waals surface area contributed by atoms with E-state index in [9.17, 15) is 34.5 Å². The second-order valence-electron chi connectivity index (χ2n) is 13.3. The zero-order chi connectivity index (χ0) is 40.2. The van der Waals surface area contributed by atoms with Crippen molar-refractivity contribution >= 4 is 72.5 Å². The van der Waals surface area contributed by atoms with Crippen molar-refractivity contribution in [2.45, 2.75) is 69.5 Å². The number of hydrogen-bond donors (Lipinski definition) is 10. The number of guanidine groups is 1. The van der Waals surface area contributed by atoms with E-state index < -0.39 is 30.6 Å². The Balaban J connectivity index is 0.0000108. The molecule has 16 nitrogen and oxygen atoms in total. The van der Waals surface area contributed by atoms with Crippen LogP contribution in [0, 0.1) is 0 Å². The standard InChI is InChI=1S/C39H55N9O7.3ClH/c40-32(23-27-9-15-30(50)16-10-27)36(53)44-20-4-22-48(38(55)33(41)24-28-11-17-31(51)18-12-28)21-2-1-19-45-37(54)34(25-49)47-35(52)6-3-5-26-7-13-29(14-8-26)46-39(42)43;;;/h7-18,32-34,49-51H,1-6,19-25,40-41H2,(H,44,53)(H,45,54)(H,47,52)(H4,42,43,46);3*1H/t32-,33-,34-;;;/m0.../s1. The van der Waals surface area contributed by atoms with Gasteiger partial charge in [-0.1, -0.05) is 36.4 Å². The van der Waals surface area contributed by atoms with E-state index >= 15 is 0 Å². The number of aromatic hydroxyl groups is 2. The van der Waals surface area contributed by atoms with Crippen LogP contribution >= 0.6 is 37.2 Å². The van der Waals surface area contributed by atoms with E-state index in [1.807, 2.05) is 12.1 Å². The van der Waals surface area contributed by atoms with E-state index in [0.29, 0.717) is 57.3 Å². The van der Waals surface area contributed by atoms with Crippen LogP contribution < -0.4 is 38.9 Å². The first kappa shape index (κ1) is 53.2. The molecule has 0 unspecified atom stereocenters. The third kappa shape index (κ3) is 20.0. The number of nitrogens with one attached hydrogen (secondary N) is 3. The minimum absolute atomic E-state index is 0. The number of aliphatic hydroxyl groups is 1. The number of phenols is 2. The first-order valence-electron chi connectivity index (χ1n) is 18.3. The molecule has 3 aromatic carbocycles. The molecule has 19 heteroatoms. The Morgan fingerprint density at radius 3 is 1.71 bits per heavy atom. The molecule has 0 saturated carbocycles. The molecule has 0 aliphatic heterocycles. The average Bonchev–Trinajstić information content (AvgIpc) is 3.16. The van der Waals surface area contributed by atoms with Gasteiger partial charge in [-0.3, -0.25) is 19.2 Å². The molecule has 322 valence electrons. The van der Waals surface area contributed by atoms with Crippen molar-refractivity contribution in [2.24, 2.45) is 27.9 Å². The number of halogens is 3. The number of hydrogen-bond acceptors (Lipinski definition) is 10. The van der Waals surface area contributed by atoms with E-state index in [0.717, 1.165) is 16.7 Å². The van der Waals surface area contributed by atoms with Gasteiger partial charge in [0.25, 0.3) is 0 Å². The lowest BCUT2D eigenvalue weighted by Gasteiger charge is -2.26. The van der Waals surface area contributed by atoms with Gasteiger partial charge >= 0.3 is 0 Å². The van der Waals surface area contributed by atoms with Gasteiger partial charge in [0, 0.05) is 32.6 Å². The molecule has 0 fully saturated rings. The molecule has 3 rings (SSSR count). The van der Waals surface area contributed by atoms with Crippen molar-refractivity contribution in [3.63, 3.8) is 0 Å². The molecule has 0 heterocycles. The molecule has 0 bridgehead atoms.